The largest absolute Gasteiger partial charge is 0.495 e. The molecule has 2 amide bonds. The first-order valence-corrected chi connectivity index (χ1v) is 9.41. The Labute approximate surface area is 174 Å². The van der Waals surface area contributed by atoms with Crippen LogP contribution < -0.4 is 15.4 Å². The molecule has 2 N–H and O–H groups in total. The number of hydrogen-bond acceptors (Lipinski definition) is 6. The van der Waals surface area contributed by atoms with Gasteiger partial charge in [-0.05, 0) is 43.3 Å². The summed E-state index contributed by atoms with van der Waals surface area (Å²) in [6.45, 7) is 1.56. The van der Waals surface area contributed by atoms with Crippen molar-refractivity contribution in [2.45, 2.75) is 6.92 Å². The summed E-state index contributed by atoms with van der Waals surface area (Å²) in [5.74, 6) is -1.29. The number of nitrogens with one attached hydrogen (secondary N) is 2. The fraction of sp³-hybridized carbons (Fsp3) is 0.100. The molecular weight excluding hydrogens is 413 g/mol. The number of benzene rings is 2. The summed E-state index contributed by atoms with van der Waals surface area (Å²) in [5, 5.41) is 16.2. The van der Waals surface area contributed by atoms with Crippen LogP contribution in [0.25, 0.3) is 0 Å². The summed E-state index contributed by atoms with van der Waals surface area (Å²) < 4.78 is 18.6. The van der Waals surface area contributed by atoms with Crippen LogP contribution in [-0.2, 0) is 0 Å². The molecule has 1 heterocycles. The second-order valence-electron chi connectivity index (χ2n) is 6.14. The lowest BCUT2D eigenvalue weighted by Crippen LogP contribution is -2.14. The van der Waals surface area contributed by atoms with Gasteiger partial charge in [-0.3, -0.25) is 19.7 Å². The summed E-state index contributed by atoms with van der Waals surface area (Å²) in [7, 11) is 1.42. The van der Waals surface area contributed by atoms with E-state index < -0.39 is 22.6 Å². The predicted octanol–water partition coefficient (Wildman–Crippen LogP) is 4.62. The minimum Gasteiger partial charge on any atom is -0.495 e. The van der Waals surface area contributed by atoms with E-state index in [0.717, 1.165) is 17.4 Å². The van der Waals surface area contributed by atoms with Crippen molar-refractivity contribution in [1.29, 1.82) is 0 Å². The third-order valence-electron chi connectivity index (χ3n) is 4.10. The number of carbonyl (C=O) groups excluding carboxylic acids is 2. The molecule has 0 aliphatic rings. The van der Waals surface area contributed by atoms with Gasteiger partial charge in [-0.1, -0.05) is 6.07 Å². The highest BCUT2D eigenvalue weighted by Gasteiger charge is 2.20. The predicted molar refractivity (Wildman–Crippen MR) is 111 cm³/mol. The lowest BCUT2D eigenvalue weighted by molar-refractivity contribution is -0.385. The average Bonchev–Trinajstić information content (AvgIpc) is 3.10. The Bertz CT molecular complexity index is 1150. The number of nitrogens with zero attached hydrogens (tertiary/aromatic N) is 1. The van der Waals surface area contributed by atoms with E-state index in [1.165, 1.54) is 37.4 Å². The zero-order chi connectivity index (χ0) is 21.8. The molecule has 3 aromatic rings. The van der Waals surface area contributed by atoms with Crippen LogP contribution in [0.1, 0.15) is 24.9 Å². The molecule has 154 valence electrons. The summed E-state index contributed by atoms with van der Waals surface area (Å²) in [4.78, 5) is 35.9. The van der Waals surface area contributed by atoms with E-state index in [2.05, 4.69) is 10.6 Å². The number of rotatable bonds is 6. The van der Waals surface area contributed by atoms with Crippen LogP contribution >= 0.6 is 11.3 Å². The van der Waals surface area contributed by atoms with Gasteiger partial charge in [0.05, 0.1) is 27.5 Å². The number of nitro groups is 1. The van der Waals surface area contributed by atoms with Crippen LogP contribution in [0.15, 0.2) is 48.5 Å². The molecule has 0 fully saturated rings. The molecule has 1 aromatic heterocycles. The maximum atomic E-state index is 13.4. The molecule has 0 bridgehead atoms. The smallest absolute Gasteiger partial charge is 0.283 e. The number of amides is 2. The Morgan fingerprint density at radius 1 is 1.10 bits per heavy atom. The van der Waals surface area contributed by atoms with E-state index >= 15 is 0 Å². The Balaban J connectivity index is 1.82. The van der Waals surface area contributed by atoms with Gasteiger partial charge in [0, 0.05) is 17.3 Å². The van der Waals surface area contributed by atoms with Crippen LogP contribution in [0.3, 0.4) is 0 Å². The van der Waals surface area contributed by atoms with Crippen molar-refractivity contribution in [3.05, 3.63) is 79.8 Å². The molecule has 0 atom stereocenters. The van der Waals surface area contributed by atoms with Crippen molar-refractivity contribution in [2.24, 2.45) is 0 Å². The van der Waals surface area contributed by atoms with E-state index in [4.69, 9.17) is 4.74 Å². The lowest BCUT2D eigenvalue weighted by Gasteiger charge is -2.13. The second kappa shape index (κ2) is 8.70. The van der Waals surface area contributed by atoms with Crippen LogP contribution in [0.4, 0.5) is 21.5 Å². The summed E-state index contributed by atoms with van der Waals surface area (Å²) >= 11 is 1.01. The van der Waals surface area contributed by atoms with Gasteiger partial charge in [-0.15, -0.1) is 11.3 Å². The molecule has 0 spiro atoms. The molecule has 2 aromatic carbocycles. The minimum absolute atomic E-state index is 0.118. The van der Waals surface area contributed by atoms with Gasteiger partial charge in [0.2, 0.25) is 0 Å². The Morgan fingerprint density at radius 2 is 1.87 bits per heavy atom. The van der Waals surface area contributed by atoms with Gasteiger partial charge in [-0.25, -0.2) is 4.39 Å². The van der Waals surface area contributed by atoms with Gasteiger partial charge in [0.15, 0.2) is 0 Å². The summed E-state index contributed by atoms with van der Waals surface area (Å²) in [6.07, 6.45) is 0. The lowest BCUT2D eigenvalue weighted by atomic mass is 10.2. The Hall–Kier alpha value is -3.79. The van der Waals surface area contributed by atoms with E-state index in [1.807, 2.05) is 0 Å². The third kappa shape index (κ3) is 4.61. The third-order valence-corrected chi connectivity index (χ3v) is 5.14. The van der Waals surface area contributed by atoms with E-state index in [1.54, 1.807) is 19.1 Å². The van der Waals surface area contributed by atoms with Crippen molar-refractivity contribution in [1.82, 2.24) is 0 Å². The van der Waals surface area contributed by atoms with Crippen LogP contribution in [0.5, 0.6) is 5.75 Å². The minimum atomic E-state index is -0.555. The fourth-order valence-corrected chi connectivity index (χ4v) is 3.55. The molecule has 8 nitrogen and oxygen atoms in total. The van der Waals surface area contributed by atoms with Crippen LogP contribution in [0.2, 0.25) is 0 Å². The zero-order valence-electron chi connectivity index (χ0n) is 15.9. The molecule has 0 radical (unpaired) electrons. The first-order chi connectivity index (χ1) is 14.3. The van der Waals surface area contributed by atoms with Crippen LogP contribution in [0, 0.1) is 22.9 Å². The number of aryl methyl sites for hydroxylation is 1. The Kier molecular flexibility index (Phi) is 6.07. The molecule has 0 unspecified atom stereocenters. The highest BCUT2D eigenvalue weighted by Crippen LogP contribution is 2.31. The first-order valence-electron chi connectivity index (χ1n) is 8.59. The quantitative estimate of drug-likeness (QED) is 0.439. The zero-order valence-corrected chi connectivity index (χ0v) is 16.7. The molecule has 0 aliphatic carbocycles. The maximum Gasteiger partial charge on any atom is 0.283 e. The molecule has 30 heavy (non-hydrogen) atoms. The van der Waals surface area contributed by atoms with Crippen molar-refractivity contribution >= 4 is 40.2 Å². The van der Waals surface area contributed by atoms with Gasteiger partial charge in [0.1, 0.15) is 11.6 Å². The van der Waals surface area contributed by atoms with Crippen molar-refractivity contribution in [2.75, 3.05) is 17.7 Å². The number of ether oxygens (including phenoxy) is 1. The number of anilines is 2. The van der Waals surface area contributed by atoms with Gasteiger partial charge in [-0.2, -0.15) is 0 Å². The van der Waals surface area contributed by atoms with E-state index in [0.29, 0.717) is 16.3 Å². The fourth-order valence-electron chi connectivity index (χ4n) is 2.67. The summed E-state index contributed by atoms with van der Waals surface area (Å²) in [6, 6.07) is 11.0. The molecule has 0 saturated heterocycles. The van der Waals surface area contributed by atoms with Gasteiger partial charge < -0.3 is 15.4 Å². The van der Waals surface area contributed by atoms with Gasteiger partial charge in [0.25, 0.3) is 17.5 Å². The SMILES string of the molecule is COc1ccc(NC(=O)c2cc([N+](=O)[O-])c(C)s2)cc1NC(=O)c1cccc(F)c1. The molecule has 0 saturated carbocycles. The van der Waals surface area contributed by atoms with Crippen molar-refractivity contribution in [3.63, 3.8) is 0 Å². The normalized spacial score (nSPS) is 10.4. The molecule has 3 rings (SSSR count). The summed E-state index contributed by atoms with van der Waals surface area (Å²) in [5.41, 5.74) is 0.595. The molecule has 0 aliphatic heterocycles. The van der Waals surface area contributed by atoms with E-state index in [-0.39, 0.29) is 21.8 Å². The number of methoxy groups -OCH3 is 1. The van der Waals surface area contributed by atoms with Crippen molar-refractivity contribution < 1.29 is 23.6 Å². The maximum absolute atomic E-state index is 13.4. The Morgan fingerprint density at radius 3 is 2.50 bits per heavy atom. The standard InChI is InChI=1S/C20H16FN3O5S/c1-11-16(24(27)28)10-18(30-11)20(26)22-14-6-7-17(29-2)15(9-14)23-19(25)12-4-3-5-13(21)8-12/h3-10H,1-2H3,(H,22,26)(H,23,25). The topological polar surface area (TPSA) is 111 Å². The highest BCUT2D eigenvalue weighted by atomic mass is 32.1. The van der Waals surface area contributed by atoms with Gasteiger partial charge >= 0.3 is 0 Å². The van der Waals surface area contributed by atoms with E-state index in [9.17, 15) is 24.1 Å². The average molecular weight is 429 g/mol. The number of halogens is 1. The monoisotopic (exact) mass is 429 g/mol. The van der Waals surface area contributed by atoms with Crippen LogP contribution in [-0.4, -0.2) is 23.8 Å². The highest BCUT2D eigenvalue weighted by molar-refractivity contribution is 7.14. The number of hydrogen-bond donors (Lipinski definition) is 2. The molecular formula is C20H16FN3O5S. The molecule has 10 heteroatoms. The second-order valence-corrected chi connectivity index (χ2v) is 7.40. The number of thiophene rings is 1. The first kappa shape index (κ1) is 20.9. The number of carbonyl (C=O) groups is 2. The van der Waals surface area contributed by atoms with Crippen molar-refractivity contribution in [3.8, 4) is 5.75 Å².